The quantitative estimate of drug-likeness (QED) is 0.548. The first-order chi connectivity index (χ1) is 13.1. The number of hydrogen-bond donors (Lipinski definition) is 2. The number of fused-ring (bicyclic) bond motifs is 1. The first kappa shape index (κ1) is 17.4. The van der Waals surface area contributed by atoms with Crippen molar-refractivity contribution in [1.82, 2.24) is 14.8 Å². The van der Waals surface area contributed by atoms with Crippen LogP contribution in [0.25, 0.3) is 20.8 Å². The zero-order valence-corrected chi connectivity index (χ0v) is 15.8. The minimum atomic E-state index is -0.709. The third-order valence-corrected chi connectivity index (χ3v) is 5.94. The van der Waals surface area contributed by atoms with Gasteiger partial charge in [-0.1, -0.05) is 29.5 Å². The van der Waals surface area contributed by atoms with E-state index < -0.39 is 11.5 Å². The Morgan fingerprint density at radius 1 is 1.22 bits per heavy atom. The lowest BCUT2D eigenvalue weighted by Gasteiger charge is -2.12. The highest BCUT2D eigenvalue weighted by molar-refractivity contribution is 7.23. The van der Waals surface area contributed by atoms with Crippen molar-refractivity contribution in [3.63, 3.8) is 0 Å². The number of para-hydroxylation sites is 1. The number of hydrogen-bond acceptors (Lipinski definition) is 7. The van der Waals surface area contributed by atoms with Crippen molar-refractivity contribution in [3.05, 3.63) is 57.7 Å². The van der Waals surface area contributed by atoms with Crippen LogP contribution in [0.1, 0.15) is 17.3 Å². The highest BCUT2D eigenvalue weighted by Crippen LogP contribution is 2.31. The second kappa shape index (κ2) is 6.93. The lowest BCUT2D eigenvalue weighted by Crippen LogP contribution is -2.29. The largest absolute Gasteiger partial charge is 0.506 e. The Hall–Kier alpha value is -3.04. The van der Waals surface area contributed by atoms with E-state index in [1.54, 1.807) is 24.3 Å². The topological polar surface area (TPSA) is 97.1 Å². The Labute approximate surface area is 161 Å². The molecule has 0 aliphatic carbocycles. The van der Waals surface area contributed by atoms with E-state index in [1.807, 2.05) is 24.4 Å². The predicted octanol–water partition coefficient (Wildman–Crippen LogP) is 3.56. The Morgan fingerprint density at radius 3 is 2.78 bits per heavy atom. The standard InChI is InChI=1S/C18H14N4O3S2/c1-2-22-11-7-4-3-6-10(11)14(23)13(17(22)25)15(24)19-18-21-20-16(27-18)12-8-5-9-26-12/h3-9,23H,2H2,1H3,(H,19,21,24). The summed E-state index contributed by atoms with van der Waals surface area (Å²) in [5, 5.41) is 24.4. The van der Waals surface area contributed by atoms with Gasteiger partial charge in [0.05, 0.1) is 10.4 Å². The second-order valence-corrected chi connectivity index (χ2v) is 7.56. The average molecular weight is 398 g/mol. The summed E-state index contributed by atoms with van der Waals surface area (Å²) in [7, 11) is 0. The SMILES string of the molecule is CCn1c(=O)c(C(=O)Nc2nnc(-c3cccs3)s2)c(O)c2ccccc21. The molecule has 27 heavy (non-hydrogen) atoms. The number of nitrogens with zero attached hydrogens (tertiary/aromatic N) is 3. The van der Waals surface area contributed by atoms with Gasteiger partial charge in [0.25, 0.3) is 11.5 Å². The van der Waals surface area contributed by atoms with E-state index in [2.05, 4.69) is 15.5 Å². The van der Waals surface area contributed by atoms with Gasteiger partial charge in [0.2, 0.25) is 5.13 Å². The van der Waals surface area contributed by atoms with E-state index in [1.165, 1.54) is 27.2 Å². The van der Waals surface area contributed by atoms with E-state index in [0.717, 1.165) is 4.88 Å². The second-order valence-electron chi connectivity index (χ2n) is 5.63. The van der Waals surface area contributed by atoms with Crippen LogP contribution in [-0.4, -0.2) is 25.8 Å². The summed E-state index contributed by atoms with van der Waals surface area (Å²) in [4.78, 5) is 26.4. The summed E-state index contributed by atoms with van der Waals surface area (Å²) in [5.41, 5.74) is -0.271. The van der Waals surface area contributed by atoms with E-state index in [-0.39, 0.29) is 16.4 Å². The molecule has 1 aromatic carbocycles. The first-order valence-electron chi connectivity index (χ1n) is 8.13. The molecule has 0 saturated heterocycles. The molecule has 4 aromatic rings. The van der Waals surface area contributed by atoms with Gasteiger partial charge in [-0.25, -0.2) is 0 Å². The summed E-state index contributed by atoms with van der Waals surface area (Å²) in [5.74, 6) is -1.04. The minimum absolute atomic E-state index is 0.262. The van der Waals surface area contributed by atoms with Crippen LogP contribution >= 0.6 is 22.7 Å². The summed E-state index contributed by atoms with van der Waals surface area (Å²) in [6.07, 6.45) is 0. The number of anilines is 1. The van der Waals surface area contributed by atoms with Crippen LogP contribution in [0.15, 0.2) is 46.6 Å². The molecule has 4 rings (SSSR count). The smallest absolute Gasteiger partial charge is 0.267 e. The lowest BCUT2D eigenvalue weighted by atomic mass is 10.1. The van der Waals surface area contributed by atoms with Crippen LogP contribution in [0.3, 0.4) is 0 Å². The molecule has 0 atom stereocenters. The number of rotatable bonds is 4. The van der Waals surface area contributed by atoms with Crippen LogP contribution in [-0.2, 0) is 6.54 Å². The molecular formula is C18H14N4O3S2. The fourth-order valence-electron chi connectivity index (χ4n) is 2.84. The fourth-order valence-corrected chi connectivity index (χ4v) is 4.37. The maximum atomic E-state index is 12.8. The number of pyridine rings is 1. The molecule has 0 unspecified atom stereocenters. The Bertz CT molecular complexity index is 1200. The highest BCUT2D eigenvalue weighted by atomic mass is 32.1. The van der Waals surface area contributed by atoms with Gasteiger partial charge in [-0.3, -0.25) is 14.9 Å². The van der Waals surface area contributed by atoms with E-state index in [9.17, 15) is 14.7 Å². The van der Waals surface area contributed by atoms with Crippen LogP contribution in [0.5, 0.6) is 5.75 Å². The molecular weight excluding hydrogens is 384 g/mol. The Morgan fingerprint density at radius 2 is 2.04 bits per heavy atom. The third-order valence-electron chi connectivity index (χ3n) is 4.07. The summed E-state index contributed by atoms with van der Waals surface area (Å²) < 4.78 is 1.46. The van der Waals surface area contributed by atoms with Crippen molar-refractivity contribution in [1.29, 1.82) is 0 Å². The molecule has 0 spiro atoms. The third kappa shape index (κ3) is 3.00. The maximum Gasteiger partial charge on any atom is 0.267 e. The van der Waals surface area contributed by atoms with E-state index in [0.29, 0.717) is 22.5 Å². The zero-order valence-electron chi connectivity index (χ0n) is 14.2. The number of aromatic nitrogens is 3. The van der Waals surface area contributed by atoms with Gasteiger partial charge in [0, 0.05) is 11.9 Å². The summed E-state index contributed by atoms with van der Waals surface area (Å²) in [6.45, 7) is 2.19. The molecule has 0 radical (unpaired) electrons. The fraction of sp³-hybridized carbons (Fsp3) is 0.111. The molecule has 0 bridgehead atoms. The first-order valence-corrected chi connectivity index (χ1v) is 9.83. The number of amides is 1. The normalized spacial score (nSPS) is 11.0. The summed E-state index contributed by atoms with van der Waals surface area (Å²) >= 11 is 2.72. The Kier molecular flexibility index (Phi) is 4.46. The van der Waals surface area contributed by atoms with Gasteiger partial charge in [-0.05, 0) is 30.5 Å². The predicted molar refractivity (Wildman–Crippen MR) is 107 cm³/mol. The molecule has 9 heteroatoms. The maximum absolute atomic E-state index is 12.8. The van der Waals surface area contributed by atoms with Crippen LogP contribution in [0.2, 0.25) is 0 Å². The molecule has 0 fully saturated rings. The molecule has 136 valence electrons. The van der Waals surface area contributed by atoms with Crippen LogP contribution in [0, 0.1) is 0 Å². The minimum Gasteiger partial charge on any atom is -0.506 e. The van der Waals surface area contributed by atoms with Crippen LogP contribution < -0.4 is 10.9 Å². The molecule has 1 amide bonds. The number of nitrogens with one attached hydrogen (secondary N) is 1. The van der Waals surface area contributed by atoms with Crippen molar-refractivity contribution in [2.45, 2.75) is 13.5 Å². The van der Waals surface area contributed by atoms with Gasteiger partial charge in [-0.2, -0.15) is 0 Å². The van der Waals surface area contributed by atoms with Gasteiger partial charge in [0.15, 0.2) is 5.01 Å². The van der Waals surface area contributed by atoms with E-state index >= 15 is 0 Å². The van der Waals surface area contributed by atoms with Crippen molar-refractivity contribution in [2.24, 2.45) is 0 Å². The highest BCUT2D eigenvalue weighted by Gasteiger charge is 2.23. The molecule has 2 N–H and O–H groups in total. The Balaban J connectivity index is 1.74. The van der Waals surface area contributed by atoms with Crippen molar-refractivity contribution in [3.8, 4) is 15.6 Å². The molecule has 0 saturated carbocycles. The van der Waals surface area contributed by atoms with Gasteiger partial charge < -0.3 is 9.67 Å². The van der Waals surface area contributed by atoms with E-state index in [4.69, 9.17) is 0 Å². The number of aryl methyl sites for hydroxylation is 1. The van der Waals surface area contributed by atoms with Gasteiger partial charge in [-0.15, -0.1) is 21.5 Å². The van der Waals surface area contributed by atoms with Crippen molar-refractivity contribution in [2.75, 3.05) is 5.32 Å². The molecule has 7 nitrogen and oxygen atoms in total. The van der Waals surface area contributed by atoms with Crippen LogP contribution in [0.4, 0.5) is 5.13 Å². The number of benzene rings is 1. The van der Waals surface area contributed by atoms with Gasteiger partial charge in [0.1, 0.15) is 11.3 Å². The van der Waals surface area contributed by atoms with Crippen molar-refractivity contribution >= 4 is 44.6 Å². The van der Waals surface area contributed by atoms with Gasteiger partial charge >= 0.3 is 0 Å². The van der Waals surface area contributed by atoms with Crippen molar-refractivity contribution < 1.29 is 9.90 Å². The number of aromatic hydroxyl groups is 1. The average Bonchev–Trinajstić information content (AvgIpc) is 3.34. The molecule has 0 aliphatic rings. The molecule has 3 heterocycles. The molecule has 3 aromatic heterocycles. The number of carbonyl (C=O) groups is 1. The summed E-state index contributed by atoms with van der Waals surface area (Å²) in [6, 6.07) is 10.7. The monoisotopic (exact) mass is 398 g/mol. The number of thiophene rings is 1. The number of carbonyl (C=O) groups excluding carboxylic acids is 1. The zero-order chi connectivity index (χ0) is 19.0. The lowest BCUT2D eigenvalue weighted by molar-refractivity contribution is 0.102. The molecule has 0 aliphatic heterocycles.